The Hall–Kier alpha value is -2.50. The van der Waals surface area contributed by atoms with Crippen LogP contribution in [0.3, 0.4) is 0 Å². The van der Waals surface area contributed by atoms with Crippen molar-refractivity contribution < 1.29 is 24.2 Å². The number of ether oxygens (including phenoxy) is 2. The largest absolute Gasteiger partial charge is 0.493 e. The number of benzene rings is 1. The molecule has 6 nitrogen and oxygen atoms in total. The highest BCUT2D eigenvalue weighted by molar-refractivity contribution is 5.87. The lowest BCUT2D eigenvalue weighted by Crippen LogP contribution is -2.40. The number of aliphatic carboxylic acids is 1. The van der Waals surface area contributed by atoms with Gasteiger partial charge >= 0.3 is 5.97 Å². The fourth-order valence-corrected chi connectivity index (χ4v) is 5.17. The zero-order valence-electron chi connectivity index (χ0n) is 15.6. The molecule has 6 heteroatoms. The number of carboxylic acids is 1. The molecule has 2 saturated carbocycles. The van der Waals surface area contributed by atoms with Gasteiger partial charge in [0.2, 0.25) is 5.91 Å². The average molecular weight is 371 g/mol. The Kier molecular flexibility index (Phi) is 4.36. The molecule has 0 saturated heterocycles. The number of amides is 1. The number of hydrogen-bond acceptors (Lipinski definition) is 4. The summed E-state index contributed by atoms with van der Waals surface area (Å²) >= 11 is 0. The van der Waals surface area contributed by atoms with Crippen LogP contribution < -0.4 is 14.8 Å². The van der Waals surface area contributed by atoms with Crippen molar-refractivity contribution in [1.82, 2.24) is 5.32 Å². The maximum atomic E-state index is 12.8. The summed E-state index contributed by atoms with van der Waals surface area (Å²) < 4.78 is 10.5. The molecule has 1 spiro atoms. The van der Waals surface area contributed by atoms with E-state index in [4.69, 9.17) is 9.47 Å². The van der Waals surface area contributed by atoms with Crippen molar-refractivity contribution in [3.05, 3.63) is 35.9 Å². The van der Waals surface area contributed by atoms with Crippen molar-refractivity contribution in [2.24, 2.45) is 29.1 Å². The molecule has 0 radical (unpaired) electrons. The van der Waals surface area contributed by atoms with E-state index in [0.717, 1.165) is 18.4 Å². The van der Waals surface area contributed by atoms with Gasteiger partial charge in [-0.15, -0.1) is 0 Å². The van der Waals surface area contributed by atoms with Crippen molar-refractivity contribution >= 4 is 11.9 Å². The minimum atomic E-state index is -0.849. The number of hydrogen-bond donors (Lipinski definition) is 2. The number of carboxylic acid groups (broad SMARTS) is 1. The van der Waals surface area contributed by atoms with Crippen molar-refractivity contribution in [3.8, 4) is 11.5 Å². The van der Waals surface area contributed by atoms with Gasteiger partial charge in [-0.1, -0.05) is 18.2 Å². The highest BCUT2D eigenvalue weighted by atomic mass is 16.5. The Labute approximate surface area is 158 Å². The summed E-state index contributed by atoms with van der Waals surface area (Å²) in [6.45, 7) is 0.464. The second kappa shape index (κ2) is 6.59. The molecule has 4 atom stereocenters. The van der Waals surface area contributed by atoms with Gasteiger partial charge in [-0.05, 0) is 54.2 Å². The topological polar surface area (TPSA) is 84.9 Å². The Morgan fingerprint density at radius 2 is 1.78 bits per heavy atom. The number of carbonyl (C=O) groups excluding carboxylic acids is 1. The van der Waals surface area contributed by atoms with Gasteiger partial charge in [0.25, 0.3) is 0 Å². The molecular formula is C21H25NO5. The molecule has 3 aliphatic carbocycles. The van der Waals surface area contributed by atoms with E-state index in [0.29, 0.717) is 24.5 Å². The van der Waals surface area contributed by atoms with Crippen LogP contribution in [-0.4, -0.2) is 37.7 Å². The molecule has 1 aromatic carbocycles. The maximum Gasteiger partial charge on any atom is 0.307 e. The summed E-state index contributed by atoms with van der Waals surface area (Å²) in [5.74, 6) is -0.622. The van der Waals surface area contributed by atoms with Crippen LogP contribution in [0.15, 0.2) is 30.4 Å². The molecule has 0 heterocycles. The van der Waals surface area contributed by atoms with Crippen molar-refractivity contribution in [2.75, 3.05) is 20.8 Å². The Morgan fingerprint density at radius 3 is 2.37 bits per heavy atom. The molecule has 0 unspecified atom stereocenters. The Morgan fingerprint density at radius 1 is 1.11 bits per heavy atom. The molecule has 144 valence electrons. The fourth-order valence-electron chi connectivity index (χ4n) is 5.17. The molecule has 0 aromatic heterocycles. The standard InChI is InChI=1S/C21H25NO5/c1-26-15-6-3-12(11-16(15)27-2)7-10-22-19(23)17-13-4-5-14(18(17)20(24)25)21(13)8-9-21/h3-6,11,13-14,17-18H,7-10H2,1-2H3,(H,22,23)(H,24,25)/t13-,14-,17+,18-/m1/s1. The summed E-state index contributed by atoms with van der Waals surface area (Å²) in [4.78, 5) is 24.6. The van der Waals surface area contributed by atoms with E-state index in [9.17, 15) is 14.7 Å². The molecule has 27 heavy (non-hydrogen) atoms. The van der Waals surface area contributed by atoms with E-state index in [1.54, 1.807) is 14.2 Å². The number of nitrogens with one attached hydrogen (secondary N) is 1. The second-order valence-electron chi connectivity index (χ2n) is 7.79. The van der Waals surface area contributed by atoms with E-state index in [1.165, 1.54) is 0 Å². The molecule has 2 N–H and O–H groups in total. The average Bonchev–Trinajstić information content (AvgIpc) is 3.33. The third-order valence-corrected chi connectivity index (χ3v) is 6.59. The lowest BCUT2D eigenvalue weighted by atomic mass is 9.82. The third kappa shape index (κ3) is 2.78. The number of rotatable bonds is 7. The molecule has 4 rings (SSSR count). The smallest absolute Gasteiger partial charge is 0.307 e. The summed E-state index contributed by atoms with van der Waals surface area (Å²) in [6, 6.07) is 5.67. The van der Waals surface area contributed by atoms with Gasteiger partial charge in [-0.25, -0.2) is 0 Å². The van der Waals surface area contributed by atoms with Crippen LogP contribution in [0, 0.1) is 29.1 Å². The minimum absolute atomic E-state index is 0.0154. The van der Waals surface area contributed by atoms with Gasteiger partial charge in [-0.3, -0.25) is 9.59 Å². The number of allylic oxidation sites excluding steroid dienone is 2. The molecule has 2 bridgehead atoms. The third-order valence-electron chi connectivity index (χ3n) is 6.59. The SMILES string of the molecule is COc1ccc(CCNC(=O)[C@@H]2[C@H](C(=O)O)[C@H]3C=C[C@H]2C32CC2)cc1OC. The van der Waals surface area contributed by atoms with E-state index < -0.39 is 17.8 Å². The first-order valence-electron chi connectivity index (χ1n) is 9.41. The van der Waals surface area contributed by atoms with Gasteiger partial charge < -0.3 is 19.9 Å². The molecule has 3 aliphatic rings. The first kappa shape index (κ1) is 17.9. The van der Waals surface area contributed by atoms with Gasteiger partial charge in [0, 0.05) is 6.54 Å². The van der Waals surface area contributed by atoms with Crippen LogP contribution >= 0.6 is 0 Å². The first-order chi connectivity index (χ1) is 13.0. The highest BCUT2D eigenvalue weighted by Gasteiger charge is 2.69. The summed E-state index contributed by atoms with van der Waals surface area (Å²) in [6.07, 6.45) is 6.83. The van der Waals surface area contributed by atoms with Crippen LogP contribution in [0.1, 0.15) is 18.4 Å². The van der Waals surface area contributed by atoms with E-state index >= 15 is 0 Å². The molecule has 1 aromatic rings. The van der Waals surface area contributed by atoms with Gasteiger partial charge in [0.15, 0.2) is 11.5 Å². The lowest BCUT2D eigenvalue weighted by Gasteiger charge is -2.23. The van der Waals surface area contributed by atoms with Crippen LogP contribution in [0.5, 0.6) is 11.5 Å². The molecular weight excluding hydrogens is 346 g/mol. The predicted molar refractivity (Wildman–Crippen MR) is 98.7 cm³/mol. The number of carbonyl (C=O) groups is 2. The quantitative estimate of drug-likeness (QED) is 0.719. The van der Waals surface area contributed by atoms with Gasteiger partial charge in [0.1, 0.15) is 0 Å². The second-order valence-corrected chi connectivity index (χ2v) is 7.79. The van der Waals surface area contributed by atoms with Crippen molar-refractivity contribution in [2.45, 2.75) is 19.3 Å². The highest BCUT2D eigenvalue weighted by Crippen LogP contribution is 2.71. The molecule has 2 fully saturated rings. The first-order valence-corrected chi connectivity index (χ1v) is 9.41. The Bertz CT molecular complexity index is 798. The summed E-state index contributed by atoms with van der Waals surface area (Å²) in [7, 11) is 3.18. The Balaban J connectivity index is 1.40. The lowest BCUT2D eigenvalue weighted by molar-refractivity contribution is -0.147. The van der Waals surface area contributed by atoms with Crippen LogP contribution in [0.25, 0.3) is 0 Å². The fraction of sp³-hybridized carbons (Fsp3) is 0.524. The van der Waals surface area contributed by atoms with E-state index in [-0.39, 0.29) is 23.2 Å². The van der Waals surface area contributed by atoms with E-state index in [2.05, 4.69) is 11.4 Å². The minimum Gasteiger partial charge on any atom is -0.493 e. The van der Waals surface area contributed by atoms with Gasteiger partial charge in [0.05, 0.1) is 26.1 Å². The van der Waals surface area contributed by atoms with Gasteiger partial charge in [-0.2, -0.15) is 0 Å². The summed E-state index contributed by atoms with van der Waals surface area (Å²) in [5, 5.41) is 12.7. The zero-order chi connectivity index (χ0) is 19.2. The number of methoxy groups -OCH3 is 2. The van der Waals surface area contributed by atoms with Crippen LogP contribution in [0.2, 0.25) is 0 Å². The van der Waals surface area contributed by atoms with Crippen LogP contribution in [-0.2, 0) is 16.0 Å². The molecule has 1 amide bonds. The van der Waals surface area contributed by atoms with E-state index in [1.807, 2.05) is 24.3 Å². The van der Waals surface area contributed by atoms with Crippen LogP contribution in [0.4, 0.5) is 0 Å². The summed E-state index contributed by atoms with van der Waals surface area (Å²) in [5.41, 5.74) is 1.07. The van der Waals surface area contributed by atoms with Crippen molar-refractivity contribution in [1.29, 1.82) is 0 Å². The maximum absolute atomic E-state index is 12.8. The molecule has 0 aliphatic heterocycles. The zero-order valence-corrected chi connectivity index (χ0v) is 15.6. The normalized spacial score (nSPS) is 29.0. The van der Waals surface area contributed by atoms with Crippen molar-refractivity contribution in [3.63, 3.8) is 0 Å². The monoisotopic (exact) mass is 371 g/mol. The predicted octanol–water partition coefficient (Wildman–Crippen LogP) is 2.28.